The summed E-state index contributed by atoms with van der Waals surface area (Å²) in [6.45, 7) is 8.22. The summed E-state index contributed by atoms with van der Waals surface area (Å²) in [6, 6.07) is 17.0. The molecule has 0 heterocycles. The monoisotopic (exact) mass is 268 g/mol. The molecule has 2 heteroatoms. The lowest BCUT2D eigenvalue weighted by atomic mass is 9.99. The van der Waals surface area contributed by atoms with Gasteiger partial charge in [-0.05, 0) is 44.0 Å². The van der Waals surface area contributed by atoms with Crippen molar-refractivity contribution in [3.05, 3.63) is 65.2 Å². The van der Waals surface area contributed by atoms with Crippen molar-refractivity contribution in [3.63, 3.8) is 0 Å². The van der Waals surface area contributed by atoms with Gasteiger partial charge in [0.2, 0.25) is 0 Å². The number of hydrogen-bond acceptors (Lipinski definition) is 2. The number of para-hydroxylation sites is 1. The van der Waals surface area contributed by atoms with E-state index in [2.05, 4.69) is 68.1 Å². The highest BCUT2D eigenvalue weighted by Gasteiger charge is 2.13. The van der Waals surface area contributed by atoms with E-state index in [0.29, 0.717) is 0 Å². The number of aryl methyl sites for hydroxylation is 2. The molecule has 106 valence electrons. The Morgan fingerprint density at radius 2 is 1.75 bits per heavy atom. The highest BCUT2D eigenvalue weighted by molar-refractivity contribution is 5.46. The van der Waals surface area contributed by atoms with E-state index < -0.39 is 0 Å². The van der Waals surface area contributed by atoms with Crippen LogP contribution in [0.15, 0.2) is 48.5 Å². The van der Waals surface area contributed by atoms with Crippen molar-refractivity contribution in [1.29, 1.82) is 0 Å². The number of rotatable bonds is 5. The van der Waals surface area contributed by atoms with E-state index in [1.54, 1.807) is 0 Å². The molecular weight excluding hydrogens is 244 g/mol. The molecule has 0 aromatic heterocycles. The van der Waals surface area contributed by atoms with Gasteiger partial charge in [0.1, 0.15) is 0 Å². The first-order valence-corrected chi connectivity index (χ1v) is 7.24. The zero-order valence-electron chi connectivity index (χ0n) is 12.6. The standard InChI is InChI=1S/C18H24N2/c1-4-20(16-8-6-5-7-9-16)13-18(19)17-12-14(2)10-11-15(17)3/h5-12,18H,4,13,19H2,1-3H3. The van der Waals surface area contributed by atoms with Gasteiger partial charge in [0, 0.05) is 24.8 Å². The molecule has 2 aromatic rings. The molecule has 0 spiro atoms. The molecule has 1 atom stereocenters. The predicted molar refractivity (Wildman–Crippen MR) is 87.2 cm³/mol. The fourth-order valence-corrected chi connectivity index (χ4v) is 2.55. The molecule has 0 aliphatic carbocycles. The van der Waals surface area contributed by atoms with Crippen molar-refractivity contribution in [2.75, 3.05) is 18.0 Å². The van der Waals surface area contributed by atoms with Crippen LogP contribution in [-0.2, 0) is 0 Å². The van der Waals surface area contributed by atoms with Crippen molar-refractivity contribution in [2.45, 2.75) is 26.8 Å². The van der Waals surface area contributed by atoms with Crippen molar-refractivity contribution in [2.24, 2.45) is 5.73 Å². The van der Waals surface area contributed by atoms with Gasteiger partial charge >= 0.3 is 0 Å². The second kappa shape index (κ2) is 6.58. The van der Waals surface area contributed by atoms with Crippen LogP contribution in [0.2, 0.25) is 0 Å². The van der Waals surface area contributed by atoms with Crippen LogP contribution in [0.4, 0.5) is 5.69 Å². The van der Waals surface area contributed by atoms with E-state index in [9.17, 15) is 0 Å². The van der Waals surface area contributed by atoms with Crippen molar-refractivity contribution >= 4 is 5.69 Å². The number of benzene rings is 2. The van der Waals surface area contributed by atoms with E-state index >= 15 is 0 Å². The summed E-state index contributed by atoms with van der Waals surface area (Å²) in [6.07, 6.45) is 0. The van der Waals surface area contributed by atoms with Crippen LogP contribution in [0.25, 0.3) is 0 Å². The zero-order valence-corrected chi connectivity index (χ0v) is 12.6. The normalized spacial score (nSPS) is 12.2. The minimum Gasteiger partial charge on any atom is -0.370 e. The molecule has 0 bridgehead atoms. The summed E-state index contributed by atoms with van der Waals surface area (Å²) in [4.78, 5) is 2.33. The highest BCUT2D eigenvalue weighted by Crippen LogP contribution is 2.21. The molecule has 0 fully saturated rings. The van der Waals surface area contributed by atoms with Gasteiger partial charge < -0.3 is 10.6 Å². The Morgan fingerprint density at radius 1 is 1.05 bits per heavy atom. The van der Waals surface area contributed by atoms with Gasteiger partial charge in [0.05, 0.1) is 0 Å². The fourth-order valence-electron chi connectivity index (χ4n) is 2.55. The molecule has 0 radical (unpaired) electrons. The molecule has 2 N–H and O–H groups in total. The van der Waals surface area contributed by atoms with Gasteiger partial charge in [-0.1, -0.05) is 42.0 Å². The van der Waals surface area contributed by atoms with Crippen molar-refractivity contribution in [3.8, 4) is 0 Å². The molecule has 2 nitrogen and oxygen atoms in total. The second-order valence-corrected chi connectivity index (χ2v) is 5.34. The van der Waals surface area contributed by atoms with E-state index in [-0.39, 0.29) is 6.04 Å². The molecule has 0 saturated heterocycles. The Balaban J connectivity index is 2.17. The maximum atomic E-state index is 6.44. The van der Waals surface area contributed by atoms with Crippen LogP contribution in [0.5, 0.6) is 0 Å². The maximum Gasteiger partial charge on any atom is 0.0475 e. The molecule has 0 amide bonds. The highest BCUT2D eigenvalue weighted by atomic mass is 15.1. The third-order valence-corrected chi connectivity index (χ3v) is 3.75. The minimum absolute atomic E-state index is 0.0371. The first kappa shape index (κ1) is 14.6. The summed E-state index contributed by atoms with van der Waals surface area (Å²) in [5, 5.41) is 0. The summed E-state index contributed by atoms with van der Waals surface area (Å²) in [7, 11) is 0. The molecule has 2 aromatic carbocycles. The van der Waals surface area contributed by atoms with Crippen LogP contribution in [0.1, 0.15) is 29.7 Å². The summed E-state index contributed by atoms with van der Waals surface area (Å²) in [5.74, 6) is 0. The van der Waals surface area contributed by atoms with E-state index in [1.165, 1.54) is 22.4 Å². The van der Waals surface area contributed by atoms with E-state index in [0.717, 1.165) is 13.1 Å². The smallest absolute Gasteiger partial charge is 0.0475 e. The Hall–Kier alpha value is -1.80. The molecule has 0 saturated carbocycles. The number of anilines is 1. The Labute approximate surface area is 122 Å². The zero-order chi connectivity index (χ0) is 14.5. The molecular formula is C18H24N2. The van der Waals surface area contributed by atoms with Crippen molar-refractivity contribution in [1.82, 2.24) is 0 Å². The summed E-state index contributed by atoms with van der Waals surface area (Å²) < 4.78 is 0. The quantitative estimate of drug-likeness (QED) is 0.893. The first-order valence-electron chi connectivity index (χ1n) is 7.24. The number of nitrogens with zero attached hydrogens (tertiary/aromatic N) is 1. The summed E-state index contributed by atoms with van der Waals surface area (Å²) in [5.41, 5.74) is 11.5. The Kier molecular flexibility index (Phi) is 4.80. The van der Waals surface area contributed by atoms with Crippen LogP contribution in [-0.4, -0.2) is 13.1 Å². The summed E-state index contributed by atoms with van der Waals surface area (Å²) >= 11 is 0. The average Bonchev–Trinajstić information content (AvgIpc) is 2.48. The van der Waals surface area contributed by atoms with Crippen LogP contribution < -0.4 is 10.6 Å². The minimum atomic E-state index is 0.0371. The molecule has 2 rings (SSSR count). The van der Waals surface area contributed by atoms with Crippen molar-refractivity contribution < 1.29 is 0 Å². The SMILES string of the molecule is CCN(CC(N)c1cc(C)ccc1C)c1ccccc1. The number of nitrogens with two attached hydrogens (primary N) is 1. The lowest BCUT2D eigenvalue weighted by Gasteiger charge is -2.27. The van der Waals surface area contributed by atoms with Gasteiger partial charge in [-0.3, -0.25) is 0 Å². The maximum absolute atomic E-state index is 6.44. The van der Waals surface area contributed by atoms with Crippen LogP contribution in [0, 0.1) is 13.8 Å². The number of hydrogen-bond donors (Lipinski definition) is 1. The molecule has 0 aliphatic rings. The van der Waals surface area contributed by atoms with Crippen LogP contribution in [0.3, 0.4) is 0 Å². The van der Waals surface area contributed by atoms with Crippen LogP contribution >= 0.6 is 0 Å². The average molecular weight is 268 g/mol. The fraction of sp³-hybridized carbons (Fsp3) is 0.333. The third kappa shape index (κ3) is 3.40. The van der Waals surface area contributed by atoms with Gasteiger partial charge in [0.15, 0.2) is 0 Å². The molecule has 1 unspecified atom stereocenters. The second-order valence-electron chi connectivity index (χ2n) is 5.34. The lowest BCUT2D eigenvalue weighted by Crippen LogP contribution is -2.32. The van der Waals surface area contributed by atoms with E-state index in [1.807, 2.05) is 6.07 Å². The predicted octanol–water partition coefficient (Wildman–Crippen LogP) is 3.83. The Bertz CT molecular complexity index is 549. The number of likely N-dealkylation sites (N-methyl/N-ethyl adjacent to an activating group) is 1. The Morgan fingerprint density at radius 3 is 2.40 bits per heavy atom. The first-order chi connectivity index (χ1) is 9.61. The lowest BCUT2D eigenvalue weighted by molar-refractivity contribution is 0.673. The topological polar surface area (TPSA) is 29.3 Å². The molecule has 20 heavy (non-hydrogen) atoms. The third-order valence-electron chi connectivity index (χ3n) is 3.75. The van der Waals surface area contributed by atoms with Gasteiger partial charge in [-0.25, -0.2) is 0 Å². The molecule has 0 aliphatic heterocycles. The van der Waals surface area contributed by atoms with E-state index in [4.69, 9.17) is 5.73 Å². The largest absolute Gasteiger partial charge is 0.370 e. The van der Waals surface area contributed by atoms with Gasteiger partial charge in [0.25, 0.3) is 0 Å². The van der Waals surface area contributed by atoms with Gasteiger partial charge in [-0.2, -0.15) is 0 Å². The van der Waals surface area contributed by atoms with Gasteiger partial charge in [-0.15, -0.1) is 0 Å².